The van der Waals surface area contributed by atoms with E-state index in [0.29, 0.717) is 5.82 Å². The number of anilines is 1. The van der Waals surface area contributed by atoms with Gasteiger partial charge in [0.25, 0.3) is 5.91 Å². The first-order valence-electron chi connectivity index (χ1n) is 5.84. The van der Waals surface area contributed by atoms with Crippen LogP contribution < -0.4 is 11.1 Å². The number of amides is 1. The quantitative estimate of drug-likeness (QED) is 0.824. The van der Waals surface area contributed by atoms with Crippen molar-refractivity contribution in [2.75, 3.05) is 5.32 Å². The van der Waals surface area contributed by atoms with E-state index in [1.54, 1.807) is 0 Å². The average Bonchev–Trinajstić information content (AvgIpc) is 2.23. The summed E-state index contributed by atoms with van der Waals surface area (Å²) in [4.78, 5) is 19.1. The van der Waals surface area contributed by atoms with Crippen LogP contribution in [0.4, 0.5) is 5.82 Å². The zero-order chi connectivity index (χ0) is 13.9. The molecule has 1 unspecified atom stereocenters. The number of hydrogen-bond donors (Lipinski definition) is 2. The van der Waals surface area contributed by atoms with Gasteiger partial charge in [0.05, 0.1) is 5.56 Å². The predicted octanol–water partition coefficient (Wildman–Crippen LogP) is 2.47. The highest BCUT2D eigenvalue weighted by molar-refractivity contribution is 6.28. The molecule has 0 radical (unpaired) electrons. The summed E-state index contributed by atoms with van der Waals surface area (Å²) >= 11 is 5.75. The lowest BCUT2D eigenvalue weighted by Gasteiger charge is -2.31. The maximum Gasteiger partial charge on any atom is 0.254 e. The van der Waals surface area contributed by atoms with E-state index in [2.05, 4.69) is 43.0 Å². The van der Waals surface area contributed by atoms with Gasteiger partial charge in [0, 0.05) is 12.2 Å². The molecule has 0 saturated carbocycles. The average molecular weight is 271 g/mol. The van der Waals surface area contributed by atoms with Crippen LogP contribution in [0.2, 0.25) is 5.28 Å². The molecule has 6 heteroatoms. The van der Waals surface area contributed by atoms with Crippen LogP contribution >= 0.6 is 11.6 Å². The normalized spacial score (nSPS) is 13.2. The molecule has 0 fully saturated rings. The van der Waals surface area contributed by atoms with Gasteiger partial charge in [-0.3, -0.25) is 4.79 Å². The maximum absolute atomic E-state index is 11.3. The summed E-state index contributed by atoms with van der Waals surface area (Å²) < 4.78 is 0. The van der Waals surface area contributed by atoms with Gasteiger partial charge >= 0.3 is 0 Å². The number of nitrogens with two attached hydrogens (primary N) is 1. The number of nitrogens with one attached hydrogen (secondary N) is 1. The number of nitrogens with zero attached hydrogens (tertiary/aromatic N) is 2. The summed E-state index contributed by atoms with van der Waals surface area (Å²) in [5.74, 6) is -0.179. The van der Waals surface area contributed by atoms with E-state index >= 15 is 0 Å². The van der Waals surface area contributed by atoms with E-state index < -0.39 is 5.91 Å². The van der Waals surface area contributed by atoms with Crippen molar-refractivity contribution in [2.24, 2.45) is 11.1 Å². The third kappa shape index (κ3) is 3.57. The van der Waals surface area contributed by atoms with Crippen molar-refractivity contribution in [3.63, 3.8) is 0 Å². The molecule has 3 N–H and O–H groups in total. The fourth-order valence-electron chi connectivity index (χ4n) is 1.75. The van der Waals surface area contributed by atoms with Gasteiger partial charge in [0.15, 0.2) is 0 Å². The molecule has 1 heterocycles. The number of hydrogen-bond acceptors (Lipinski definition) is 4. The zero-order valence-corrected chi connectivity index (χ0v) is 11.9. The Balaban J connectivity index is 3.09. The fourth-order valence-corrected chi connectivity index (χ4v) is 1.88. The number of aromatic nitrogens is 2. The van der Waals surface area contributed by atoms with E-state index in [0.717, 1.165) is 6.42 Å². The highest BCUT2D eigenvalue weighted by Crippen LogP contribution is 2.26. The molecule has 5 nitrogen and oxygen atoms in total. The van der Waals surface area contributed by atoms with Gasteiger partial charge in [-0.15, -0.1) is 0 Å². The minimum atomic E-state index is -0.571. The molecule has 1 amide bonds. The van der Waals surface area contributed by atoms with Gasteiger partial charge in [-0.05, 0) is 23.4 Å². The van der Waals surface area contributed by atoms with Gasteiger partial charge in [-0.2, -0.15) is 4.98 Å². The number of carbonyl (C=O) groups is 1. The Bertz CT molecular complexity index is 442. The molecule has 0 aliphatic heterocycles. The molecule has 1 aromatic rings. The van der Waals surface area contributed by atoms with Crippen LogP contribution in [-0.2, 0) is 0 Å². The lowest BCUT2D eigenvalue weighted by molar-refractivity contribution is 0.1000. The number of halogens is 1. The molecule has 1 aromatic heterocycles. The van der Waals surface area contributed by atoms with Crippen molar-refractivity contribution in [3.05, 3.63) is 17.0 Å². The molecule has 0 saturated heterocycles. The third-order valence-corrected chi connectivity index (χ3v) is 2.97. The van der Waals surface area contributed by atoms with Gasteiger partial charge in [0.1, 0.15) is 5.82 Å². The summed E-state index contributed by atoms with van der Waals surface area (Å²) in [7, 11) is 0. The zero-order valence-electron chi connectivity index (χ0n) is 11.1. The van der Waals surface area contributed by atoms with E-state index in [9.17, 15) is 4.79 Å². The fraction of sp³-hybridized carbons (Fsp3) is 0.583. The summed E-state index contributed by atoms with van der Waals surface area (Å²) in [6.07, 6.45) is 2.23. The Labute approximate surface area is 112 Å². The largest absolute Gasteiger partial charge is 0.366 e. The Morgan fingerprint density at radius 1 is 1.56 bits per heavy atom. The highest BCUT2D eigenvalue weighted by Gasteiger charge is 2.24. The van der Waals surface area contributed by atoms with Crippen LogP contribution in [0.25, 0.3) is 0 Å². The van der Waals surface area contributed by atoms with Gasteiger partial charge < -0.3 is 11.1 Å². The molecule has 1 atom stereocenters. The molecule has 0 aliphatic rings. The molecule has 100 valence electrons. The Kier molecular flexibility index (Phi) is 4.51. The lowest BCUT2D eigenvalue weighted by Crippen LogP contribution is -2.34. The van der Waals surface area contributed by atoms with Crippen LogP contribution in [-0.4, -0.2) is 21.9 Å². The topological polar surface area (TPSA) is 80.9 Å². The van der Waals surface area contributed by atoms with Gasteiger partial charge in [0.2, 0.25) is 5.28 Å². The van der Waals surface area contributed by atoms with E-state index in [4.69, 9.17) is 17.3 Å². The van der Waals surface area contributed by atoms with Crippen LogP contribution in [0, 0.1) is 5.41 Å². The molecule has 0 spiro atoms. The summed E-state index contributed by atoms with van der Waals surface area (Å²) in [6, 6.07) is 0.154. The molecule has 0 bridgehead atoms. The SMILES string of the molecule is CCC(Nc1nc(Cl)ncc1C(N)=O)C(C)(C)C. The maximum atomic E-state index is 11.3. The van der Waals surface area contributed by atoms with E-state index in [1.807, 2.05) is 0 Å². The summed E-state index contributed by atoms with van der Waals surface area (Å²) in [6.45, 7) is 8.40. The third-order valence-electron chi connectivity index (χ3n) is 2.79. The number of primary amides is 1. The van der Waals surface area contributed by atoms with Crippen LogP contribution in [0.3, 0.4) is 0 Å². The monoisotopic (exact) mass is 270 g/mol. The van der Waals surface area contributed by atoms with E-state index in [-0.39, 0.29) is 22.3 Å². The van der Waals surface area contributed by atoms with Crippen molar-refractivity contribution in [1.29, 1.82) is 0 Å². The molecular weight excluding hydrogens is 252 g/mol. The summed E-state index contributed by atoms with van der Waals surface area (Å²) in [5.41, 5.74) is 5.57. The van der Waals surface area contributed by atoms with Crippen molar-refractivity contribution < 1.29 is 4.79 Å². The number of carbonyl (C=O) groups excluding carboxylic acids is 1. The number of rotatable bonds is 4. The minimum Gasteiger partial charge on any atom is -0.366 e. The lowest BCUT2D eigenvalue weighted by atomic mass is 9.85. The van der Waals surface area contributed by atoms with Crippen LogP contribution in [0.5, 0.6) is 0 Å². The van der Waals surface area contributed by atoms with Crippen molar-refractivity contribution in [2.45, 2.75) is 40.2 Å². The molecule has 18 heavy (non-hydrogen) atoms. The Morgan fingerprint density at radius 2 is 2.17 bits per heavy atom. The van der Waals surface area contributed by atoms with E-state index in [1.165, 1.54) is 6.20 Å². The standard InChI is InChI=1S/C12H19ClN4O/c1-5-8(12(2,3)4)16-10-7(9(14)18)6-15-11(13)17-10/h6,8H,5H2,1-4H3,(H2,14,18)(H,15,16,17). The molecule has 1 rings (SSSR count). The Morgan fingerprint density at radius 3 is 2.61 bits per heavy atom. The van der Waals surface area contributed by atoms with Gasteiger partial charge in [-0.1, -0.05) is 27.7 Å². The molecular formula is C12H19ClN4O. The molecule has 0 aromatic carbocycles. The predicted molar refractivity (Wildman–Crippen MR) is 72.7 cm³/mol. The minimum absolute atomic E-state index is 0.0289. The summed E-state index contributed by atoms with van der Waals surface area (Å²) in [5, 5.41) is 3.31. The second-order valence-corrected chi connectivity index (χ2v) is 5.57. The van der Waals surface area contributed by atoms with Crippen LogP contribution in [0.15, 0.2) is 6.20 Å². The second-order valence-electron chi connectivity index (χ2n) is 5.24. The first-order chi connectivity index (χ1) is 8.25. The first kappa shape index (κ1) is 14.7. The first-order valence-corrected chi connectivity index (χ1v) is 6.22. The second kappa shape index (κ2) is 5.52. The highest BCUT2D eigenvalue weighted by atomic mass is 35.5. The van der Waals surface area contributed by atoms with Crippen molar-refractivity contribution in [3.8, 4) is 0 Å². The van der Waals surface area contributed by atoms with Crippen molar-refractivity contribution >= 4 is 23.3 Å². The smallest absolute Gasteiger partial charge is 0.254 e. The Hall–Kier alpha value is -1.36. The van der Waals surface area contributed by atoms with Gasteiger partial charge in [-0.25, -0.2) is 4.98 Å². The van der Waals surface area contributed by atoms with Crippen molar-refractivity contribution in [1.82, 2.24) is 9.97 Å². The molecule has 0 aliphatic carbocycles. The van der Waals surface area contributed by atoms with Crippen LogP contribution in [0.1, 0.15) is 44.5 Å².